The summed E-state index contributed by atoms with van der Waals surface area (Å²) in [5, 5.41) is 0. The molecule has 2 atom stereocenters. The quantitative estimate of drug-likeness (QED) is 0.789. The van der Waals surface area contributed by atoms with Gasteiger partial charge in [-0.25, -0.2) is 8.78 Å². The van der Waals surface area contributed by atoms with Crippen molar-refractivity contribution < 1.29 is 8.78 Å². The first kappa shape index (κ1) is 13.5. The van der Waals surface area contributed by atoms with Gasteiger partial charge in [0.2, 0.25) is 0 Å². The highest BCUT2D eigenvalue weighted by atomic mass is 19.1. The van der Waals surface area contributed by atoms with Crippen molar-refractivity contribution >= 4 is 0 Å². The zero-order chi connectivity index (χ0) is 13.2. The van der Waals surface area contributed by atoms with Gasteiger partial charge >= 0.3 is 0 Å². The summed E-state index contributed by atoms with van der Waals surface area (Å²) in [7, 11) is 0. The van der Waals surface area contributed by atoms with Gasteiger partial charge < -0.3 is 5.73 Å². The summed E-state index contributed by atoms with van der Waals surface area (Å²) < 4.78 is 26.6. The van der Waals surface area contributed by atoms with Gasteiger partial charge in [0.1, 0.15) is 11.6 Å². The summed E-state index contributed by atoms with van der Waals surface area (Å²) in [5.74, 6) is -0.369. The van der Waals surface area contributed by atoms with Gasteiger partial charge in [-0.1, -0.05) is 26.2 Å². The van der Waals surface area contributed by atoms with Crippen LogP contribution in [0.25, 0.3) is 0 Å². The Morgan fingerprint density at radius 1 is 1.17 bits per heavy atom. The summed E-state index contributed by atoms with van der Waals surface area (Å²) in [4.78, 5) is 0. The molecule has 0 heterocycles. The fourth-order valence-electron chi connectivity index (χ4n) is 2.98. The number of rotatable bonds is 2. The van der Waals surface area contributed by atoms with Crippen molar-refractivity contribution in [1.82, 2.24) is 0 Å². The third-order valence-electron chi connectivity index (χ3n) is 4.25. The van der Waals surface area contributed by atoms with Gasteiger partial charge in [-0.05, 0) is 42.9 Å². The molecule has 1 aromatic carbocycles. The Labute approximate surface area is 107 Å². The van der Waals surface area contributed by atoms with Crippen LogP contribution in [0.5, 0.6) is 0 Å². The molecule has 2 N–H and O–H groups in total. The van der Waals surface area contributed by atoms with Crippen molar-refractivity contribution in [3.8, 4) is 0 Å². The molecule has 1 aromatic rings. The van der Waals surface area contributed by atoms with Crippen molar-refractivity contribution in [2.75, 3.05) is 0 Å². The van der Waals surface area contributed by atoms with Crippen molar-refractivity contribution in [2.45, 2.75) is 51.0 Å². The lowest BCUT2D eigenvalue weighted by Gasteiger charge is -2.29. The fourth-order valence-corrected chi connectivity index (χ4v) is 2.98. The highest BCUT2D eigenvalue weighted by Crippen LogP contribution is 2.37. The van der Waals surface area contributed by atoms with E-state index in [0.29, 0.717) is 11.5 Å². The molecule has 1 saturated carbocycles. The van der Waals surface area contributed by atoms with Crippen molar-refractivity contribution in [3.05, 3.63) is 35.4 Å². The molecule has 0 saturated heterocycles. The van der Waals surface area contributed by atoms with Gasteiger partial charge in [-0.3, -0.25) is 0 Å². The molecule has 0 amide bonds. The molecule has 0 aromatic heterocycles. The third-order valence-corrected chi connectivity index (χ3v) is 4.25. The Morgan fingerprint density at radius 2 is 1.83 bits per heavy atom. The van der Waals surface area contributed by atoms with E-state index in [2.05, 4.69) is 6.92 Å². The zero-order valence-electron chi connectivity index (χ0n) is 10.9. The second-order valence-electron chi connectivity index (χ2n) is 5.52. The monoisotopic (exact) mass is 253 g/mol. The summed E-state index contributed by atoms with van der Waals surface area (Å²) in [6.07, 6.45) is 6.04. The van der Waals surface area contributed by atoms with Gasteiger partial charge in [0, 0.05) is 11.6 Å². The smallest absolute Gasteiger partial charge is 0.126 e. The first-order chi connectivity index (χ1) is 8.53. The lowest BCUT2D eigenvalue weighted by atomic mass is 9.83. The number of hydrogen-bond donors (Lipinski definition) is 1. The molecule has 1 aliphatic carbocycles. The van der Waals surface area contributed by atoms with Crippen LogP contribution in [0.1, 0.15) is 51.0 Å². The standard InChI is InChI=1S/C15H21F2N/c1-2-11-4-3-6-15(18,7-5-11)12-8-13(16)10-14(17)9-12/h8-11H,2-7,18H2,1H3. The van der Waals surface area contributed by atoms with Crippen molar-refractivity contribution in [3.63, 3.8) is 0 Å². The lowest BCUT2D eigenvalue weighted by Crippen LogP contribution is -2.36. The minimum Gasteiger partial charge on any atom is -0.321 e. The molecule has 0 aliphatic heterocycles. The molecule has 1 nitrogen and oxygen atoms in total. The Hall–Kier alpha value is -0.960. The summed E-state index contributed by atoms with van der Waals surface area (Å²) in [6.45, 7) is 2.19. The van der Waals surface area contributed by atoms with Crippen LogP contribution in [-0.4, -0.2) is 0 Å². The molecule has 0 radical (unpaired) electrons. The normalized spacial score (nSPS) is 29.0. The summed E-state index contributed by atoms with van der Waals surface area (Å²) >= 11 is 0. The predicted octanol–water partition coefficient (Wildman–Crippen LogP) is 4.11. The molecule has 1 aliphatic rings. The summed E-state index contributed by atoms with van der Waals surface area (Å²) in [6, 6.07) is 3.67. The number of hydrogen-bond acceptors (Lipinski definition) is 1. The largest absolute Gasteiger partial charge is 0.321 e. The molecule has 3 heteroatoms. The second kappa shape index (κ2) is 5.35. The Morgan fingerprint density at radius 3 is 2.44 bits per heavy atom. The van der Waals surface area contributed by atoms with Crippen LogP contribution >= 0.6 is 0 Å². The van der Waals surface area contributed by atoms with Crippen LogP contribution in [0.2, 0.25) is 0 Å². The maximum atomic E-state index is 13.3. The van der Waals surface area contributed by atoms with E-state index in [1.165, 1.54) is 18.6 Å². The van der Waals surface area contributed by atoms with E-state index < -0.39 is 17.2 Å². The van der Waals surface area contributed by atoms with Gasteiger partial charge in [0.15, 0.2) is 0 Å². The Bertz CT molecular complexity index is 399. The van der Waals surface area contributed by atoms with E-state index >= 15 is 0 Å². The second-order valence-corrected chi connectivity index (χ2v) is 5.52. The topological polar surface area (TPSA) is 26.0 Å². The molecule has 2 rings (SSSR count). The number of halogens is 2. The highest BCUT2D eigenvalue weighted by molar-refractivity contribution is 5.26. The van der Waals surface area contributed by atoms with Gasteiger partial charge in [0.25, 0.3) is 0 Å². The first-order valence-electron chi connectivity index (χ1n) is 6.79. The van der Waals surface area contributed by atoms with E-state index in [4.69, 9.17) is 5.73 Å². The lowest BCUT2D eigenvalue weighted by molar-refractivity contribution is 0.368. The molecule has 18 heavy (non-hydrogen) atoms. The molecule has 100 valence electrons. The SMILES string of the molecule is CCC1CCCC(N)(c2cc(F)cc(F)c2)CC1. The van der Waals surface area contributed by atoms with E-state index in [-0.39, 0.29) is 0 Å². The van der Waals surface area contributed by atoms with Gasteiger partial charge in [0.05, 0.1) is 0 Å². The van der Waals surface area contributed by atoms with E-state index in [1.807, 2.05) is 0 Å². The summed E-state index contributed by atoms with van der Waals surface area (Å²) in [5.41, 5.74) is 6.45. The molecule has 2 unspecified atom stereocenters. The zero-order valence-corrected chi connectivity index (χ0v) is 10.9. The first-order valence-corrected chi connectivity index (χ1v) is 6.79. The maximum absolute atomic E-state index is 13.3. The minimum absolute atomic E-state index is 0.536. The van der Waals surface area contributed by atoms with Crippen LogP contribution < -0.4 is 5.73 Å². The Kier molecular flexibility index (Phi) is 4.00. The van der Waals surface area contributed by atoms with Crippen LogP contribution in [0.15, 0.2) is 18.2 Å². The average Bonchev–Trinajstić information content (AvgIpc) is 2.51. The van der Waals surface area contributed by atoms with E-state index in [1.54, 1.807) is 0 Å². The van der Waals surface area contributed by atoms with E-state index in [0.717, 1.165) is 38.2 Å². The average molecular weight is 253 g/mol. The van der Waals surface area contributed by atoms with Gasteiger partial charge in [-0.15, -0.1) is 0 Å². The number of nitrogens with two attached hydrogens (primary N) is 1. The number of benzene rings is 1. The van der Waals surface area contributed by atoms with Crippen molar-refractivity contribution in [1.29, 1.82) is 0 Å². The van der Waals surface area contributed by atoms with Crippen molar-refractivity contribution in [2.24, 2.45) is 11.7 Å². The van der Waals surface area contributed by atoms with Gasteiger partial charge in [-0.2, -0.15) is 0 Å². The molecular weight excluding hydrogens is 232 g/mol. The fraction of sp³-hybridized carbons (Fsp3) is 0.600. The Balaban J connectivity index is 2.24. The van der Waals surface area contributed by atoms with Crippen LogP contribution in [0.4, 0.5) is 8.78 Å². The van der Waals surface area contributed by atoms with E-state index in [9.17, 15) is 8.78 Å². The maximum Gasteiger partial charge on any atom is 0.126 e. The third kappa shape index (κ3) is 2.89. The molecule has 0 spiro atoms. The van der Waals surface area contributed by atoms with Crippen LogP contribution in [0.3, 0.4) is 0 Å². The molecule has 0 bridgehead atoms. The molecular formula is C15H21F2N. The minimum atomic E-state index is -0.563. The van der Waals surface area contributed by atoms with Crippen LogP contribution in [0, 0.1) is 17.6 Å². The predicted molar refractivity (Wildman–Crippen MR) is 69.1 cm³/mol. The van der Waals surface area contributed by atoms with Crippen LogP contribution in [-0.2, 0) is 5.54 Å². The molecule has 1 fully saturated rings. The highest BCUT2D eigenvalue weighted by Gasteiger charge is 2.31.